The van der Waals surface area contributed by atoms with Gasteiger partial charge in [0.1, 0.15) is 0 Å². The monoisotopic (exact) mass is 245 g/mol. The zero-order chi connectivity index (χ0) is 11.7. The van der Waals surface area contributed by atoms with Crippen molar-refractivity contribution >= 4 is 22.5 Å². The molecule has 0 radical (unpaired) electrons. The third-order valence-corrected chi connectivity index (χ3v) is 4.12. The van der Waals surface area contributed by atoms with Gasteiger partial charge in [0.25, 0.3) is 0 Å². The van der Waals surface area contributed by atoms with E-state index in [0.29, 0.717) is 5.38 Å². The SMILES string of the molecule is ClC1CCC(Cc2ccnc3ccccc23)C1. The van der Waals surface area contributed by atoms with Crippen LogP contribution in [0.1, 0.15) is 24.8 Å². The van der Waals surface area contributed by atoms with Crippen LogP contribution in [0.2, 0.25) is 0 Å². The standard InChI is InChI=1S/C15H16ClN/c16-13-6-5-11(10-13)9-12-7-8-17-15-4-2-1-3-14(12)15/h1-4,7-8,11,13H,5-6,9-10H2. The van der Waals surface area contributed by atoms with Crippen LogP contribution in [0.3, 0.4) is 0 Å². The first-order valence-electron chi connectivity index (χ1n) is 6.29. The number of fused-ring (bicyclic) bond motifs is 1. The van der Waals surface area contributed by atoms with Crippen LogP contribution >= 0.6 is 11.6 Å². The first-order valence-corrected chi connectivity index (χ1v) is 6.73. The number of rotatable bonds is 2. The second kappa shape index (κ2) is 4.66. The van der Waals surface area contributed by atoms with Crippen molar-refractivity contribution in [3.05, 3.63) is 42.1 Å². The minimum absolute atomic E-state index is 0.396. The molecule has 1 nitrogen and oxygen atoms in total. The van der Waals surface area contributed by atoms with Gasteiger partial charge in [-0.1, -0.05) is 18.2 Å². The highest BCUT2D eigenvalue weighted by molar-refractivity contribution is 6.20. The Balaban J connectivity index is 1.90. The lowest BCUT2D eigenvalue weighted by atomic mass is 9.96. The summed E-state index contributed by atoms with van der Waals surface area (Å²) < 4.78 is 0. The van der Waals surface area contributed by atoms with E-state index in [-0.39, 0.29) is 0 Å². The summed E-state index contributed by atoms with van der Waals surface area (Å²) in [6.07, 6.45) is 6.68. The van der Waals surface area contributed by atoms with Crippen molar-refractivity contribution in [1.29, 1.82) is 0 Å². The van der Waals surface area contributed by atoms with E-state index in [1.54, 1.807) is 0 Å². The first-order chi connectivity index (χ1) is 8.33. The van der Waals surface area contributed by atoms with Crippen molar-refractivity contribution in [3.8, 4) is 0 Å². The molecule has 1 aliphatic carbocycles. The van der Waals surface area contributed by atoms with Gasteiger partial charge in [-0.05, 0) is 49.3 Å². The number of benzene rings is 1. The molecule has 2 unspecified atom stereocenters. The lowest BCUT2D eigenvalue weighted by Crippen LogP contribution is -2.01. The maximum Gasteiger partial charge on any atom is 0.0704 e. The van der Waals surface area contributed by atoms with Crippen LogP contribution in [0.5, 0.6) is 0 Å². The molecule has 0 bridgehead atoms. The summed E-state index contributed by atoms with van der Waals surface area (Å²) in [5.74, 6) is 0.753. The van der Waals surface area contributed by atoms with E-state index in [1.807, 2.05) is 12.3 Å². The largest absolute Gasteiger partial charge is 0.256 e. The zero-order valence-electron chi connectivity index (χ0n) is 9.77. The number of nitrogens with zero attached hydrogens (tertiary/aromatic N) is 1. The molecule has 1 heterocycles. The lowest BCUT2D eigenvalue weighted by Gasteiger charge is -2.11. The topological polar surface area (TPSA) is 12.9 Å². The number of para-hydroxylation sites is 1. The molecule has 0 amide bonds. The number of hydrogen-bond donors (Lipinski definition) is 0. The number of alkyl halides is 1. The summed E-state index contributed by atoms with van der Waals surface area (Å²) in [5, 5.41) is 1.70. The number of aromatic nitrogens is 1. The fourth-order valence-electron chi connectivity index (χ4n) is 2.84. The van der Waals surface area contributed by atoms with Crippen LogP contribution in [0.4, 0.5) is 0 Å². The maximum absolute atomic E-state index is 6.18. The van der Waals surface area contributed by atoms with Gasteiger partial charge in [0.2, 0.25) is 0 Å². The maximum atomic E-state index is 6.18. The van der Waals surface area contributed by atoms with Gasteiger partial charge < -0.3 is 0 Å². The molecule has 88 valence electrons. The smallest absolute Gasteiger partial charge is 0.0704 e. The summed E-state index contributed by atoms with van der Waals surface area (Å²) in [7, 11) is 0. The third-order valence-electron chi connectivity index (χ3n) is 3.73. The van der Waals surface area contributed by atoms with Gasteiger partial charge in [-0.2, -0.15) is 0 Å². The van der Waals surface area contributed by atoms with E-state index >= 15 is 0 Å². The molecule has 1 aromatic heterocycles. The average Bonchev–Trinajstić information content (AvgIpc) is 2.75. The van der Waals surface area contributed by atoms with E-state index in [1.165, 1.54) is 23.8 Å². The lowest BCUT2D eigenvalue weighted by molar-refractivity contribution is 0.549. The van der Waals surface area contributed by atoms with E-state index in [9.17, 15) is 0 Å². The molecule has 2 atom stereocenters. The summed E-state index contributed by atoms with van der Waals surface area (Å²) in [6.45, 7) is 0. The zero-order valence-corrected chi connectivity index (χ0v) is 10.5. The van der Waals surface area contributed by atoms with E-state index < -0.39 is 0 Å². The molecule has 3 rings (SSSR count). The Labute approximate surface area is 107 Å². The van der Waals surface area contributed by atoms with Crippen molar-refractivity contribution in [2.24, 2.45) is 5.92 Å². The molecule has 1 fully saturated rings. The predicted octanol–water partition coefficient (Wildman–Crippen LogP) is 4.18. The van der Waals surface area contributed by atoms with Crippen LogP contribution in [0.25, 0.3) is 10.9 Å². The second-order valence-electron chi connectivity index (χ2n) is 4.97. The number of halogens is 1. The highest BCUT2D eigenvalue weighted by atomic mass is 35.5. The number of hydrogen-bond acceptors (Lipinski definition) is 1. The van der Waals surface area contributed by atoms with Gasteiger partial charge in [0.15, 0.2) is 0 Å². The molecule has 1 saturated carbocycles. The van der Waals surface area contributed by atoms with Crippen molar-refractivity contribution in [2.75, 3.05) is 0 Å². The van der Waals surface area contributed by atoms with Crippen LogP contribution < -0.4 is 0 Å². The Morgan fingerprint density at radius 2 is 2.06 bits per heavy atom. The third kappa shape index (κ3) is 2.30. The summed E-state index contributed by atoms with van der Waals surface area (Å²) >= 11 is 6.18. The van der Waals surface area contributed by atoms with E-state index in [0.717, 1.165) is 24.3 Å². The van der Waals surface area contributed by atoms with Crippen LogP contribution in [0.15, 0.2) is 36.5 Å². The van der Waals surface area contributed by atoms with Crippen LogP contribution in [0, 0.1) is 5.92 Å². The summed E-state index contributed by atoms with van der Waals surface area (Å²) in [4.78, 5) is 4.41. The summed E-state index contributed by atoms with van der Waals surface area (Å²) in [6, 6.07) is 10.5. The molecule has 0 saturated heterocycles. The van der Waals surface area contributed by atoms with Crippen LogP contribution in [-0.4, -0.2) is 10.4 Å². The molecular formula is C15H16ClN. The van der Waals surface area contributed by atoms with Crippen molar-refractivity contribution in [1.82, 2.24) is 4.98 Å². The Morgan fingerprint density at radius 1 is 1.18 bits per heavy atom. The Morgan fingerprint density at radius 3 is 2.88 bits per heavy atom. The fourth-order valence-corrected chi connectivity index (χ4v) is 3.22. The Hall–Kier alpha value is -1.08. The molecule has 1 aliphatic rings. The van der Waals surface area contributed by atoms with Gasteiger partial charge in [-0.3, -0.25) is 4.98 Å². The molecule has 0 aliphatic heterocycles. The minimum Gasteiger partial charge on any atom is -0.256 e. The van der Waals surface area contributed by atoms with Gasteiger partial charge >= 0.3 is 0 Å². The van der Waals surface area contributed by atoms with E-state index in [4.69, 9.17) is 11.6 Å². The Bertz CT molecular complexity index is 518. The predicted molar refractivity (Wildman–Crippen MR) is 72.4 cm³/mol. The molecule has 17 heavy (non-hydrogen) atoms. The van der Waals surface area contributed by atoms with Crippen molar-refractivity contribution in [3.63, 3.8) is 0 Å². The first kappa shape index (κ1) is 11.0. The molecule has 2 aromatic rings. The van der Waals surface area contributed by atoms with Crippen LogP contribution in [-0.2, 0) is 6.42 Å². The number of pyridine rings is 1. The molecule has 1 aromatic carbocycles. The van der Waals surface area contributed by atoms with Gasteiger partial charge in [-0.25, -0.2) is 0 Å². The molecule has 0 spiro atoms. The fraction of sp³-hybridized carbons (Fsp3) is 0.400. The summed E-state index contributed by atoms with van der Waals surface area (Å²) in [5.41, 5.74) is 2.52. The van der Waals surface area contributed by atoms with Gasteiger partial charge in [0.05, 0.1) is 5.52 Å². The van der Waals surface area contributed by atoms with E-state index in [2.05, 4.69) is 29.2 Å². The molecule has 2 heteroatoms. The molecule has 0 N–H and O–H groups in total. The minimum atomic E-state index is 0.396. The average molecular weight is 246 g/mol. The van der Waals surface area contributed by atoms with Gasteiger partial charge in [0, 0.05) is 17.0 Å². The second-order valence-corrected chi connectivity index (χ2v) is 5.58. The quantitative estimate of drug-likeness (QED) is 0.724. The Kier molecular flexibility index (Phi) is 3.02. The van der Waals surface area contributed by atoms with Gasteiger partial charge in [-0.15, -0.1) is 11.6 Å². The highest BCUT2D eigenvalue weighted by Crippen LogP contribution is 2.33. The highest BCUT2D eigenvalue weighted by Gasteiger charge is 2.23. The normalized spacial score (nSPS) is 24.3. The van der Waals surface area contributed by atoms with Crippen molar-refractivity contribution in [2.45, 2.75) is 31.1 Å². The molecular weight excluding hydrogens is 230 g/mol. The van der Waals surface area contributed by atoms with Crippen molar-refractivity contribution < 1.29 is 0 Å².